The maximum atomic E-state index is 3.63. The average Bonchev–Trinajstić information content (AvgIpc) is 2.87. The maximum absolute atomic E-state index is 3.63. The van der Waals surface area contributed by atoms with Gasteiger partial charge in [0, 0.05) is 6.04 Å². The van der Waals surface area contributed by atoms with Crippen molar-refractivity contribution in [3.63, 3.8) is 0 Å². The first-order chi connectivity index (χ1) is 7.30. The SMILES string of the molecule is CCC(CC)C(NC)C1CC2CCC1C2. The maximum Gasteiger partial charge on any atom is 0.0123 e. The minimum absolute atomic E-state index is 0.801. The van der Waals surface area contributed by atoms with Crippen molar-refractivity contribution in [1.29, 1.82) is 0 Å². The Hall–Kier alpha value is -0.0400. The number of rotatable bonds is 5. The van der Waals surface area contributed by atoms with Crippen molar-refractivity contribution < 1.29 is 0 Å². The van der Waals surface area contributed by atoms with Crippen molar-refractivity contribution >= 4 is 0 Å². The normalized spacial score (nSPS) is 36.4. The summed E-state index contributed by atoms with van der Waals surface area (Å²) in [6, 6.07) is 0.801. The predicted molar refractivity (Wildman–Crippen MR) is 65.9 cm³/mol. The van der Waals surface area contributed by atoms with Gasteiger partial charge >= 0.3 is 0 Å². The van der Waals surface area contributed by atoms with Crippen molar-refractivity contribution in [2.24, 2.45) is 23.7 Å². The van der Waals surface area contributed by atoms with Crippen LogP contribution in [0.5, 0.6) is 0 Å². The lowest BCUT2D eigenvalue weighted by molar-refractivity contribution is 0.191. The summed E-state index contributed by atoms with van der Waals surface area (Å²) in [5.41, 5.74) is 0. The summed E-state index contributed by atoms with van der Waals surface area (Å²) in [5.74, 6) is 4.05. The Bertz CT molecular complexity index is 198. The zero-order valence-electron chi connectivity index (χ0n) is 10.6. The van der Waals surface area contributed by atoms with Gasteiger partial charge in [-0.2, -0.15) is 0 Å². The average molecular weight is 209 g/mol. The molecule has 0 aliphatic heterocycles. The second-order valence-electron chi connectivity index (χ2n) is 5.73. The van der Waals surface area contributed by atoms with E-state index < -0.39 is 0 Å². The van der Waals surface area contributed by atoms with Crippen molar-refractivity contribution in [1.82, 2.24) is 5.32 Å². The first kappa shape index (κ1) is 11.4. The Morgan fingerprint density at radius 2 is 1.87 bits per heavy atom. The molecule has 88 valence electrons. The molecule has 0 aromatic heterocycles. The third-order valence-corrected chi connectivity index (χ3v) is 5.14. The monoisotopic (exact) mass is 209 g/mol. The molecule has 0 amide bonds. The number of fused-ring (bicyclic) bond motifs is 2. The molecule has 4 unspecified atom stereocenters. The van der Waals surface area contributed by atoms with Crippen molar-refractivity contribution in [2.45, 2.75) is 58.4 Å². The van der Waals surface area contributed by atoms with Crippen molar-refractivity contribution in [2.75, 3.05) is 7.05 Å². The van der Waals surface area contributed by atoms with Crippen LogP contribution >= 0.6 is 0 Å². The highest BCUT2D eigenvalue weighted by molar-refractivity contribution is 4.96. The van der Waals surface area contributed by atoms with Crippen LogP contribution in [0.3, 0.4) is 0 Å². The molecule has 0 spiro atoms. The van der Waals surface area contributed by atoms with Crippen LogP contribution in [0.1, 0.15) is 52.4 Å². The molecule has 2 aliphatic carbocycles. The fraction of sp³-hybridized carbons (Fsp3) is 1.00. The van der Waals surface area contributed by atoms with Gasteiger partial charge in [-0.3, -0.25) is 0 Å². The fourth-order valence-electron chi connectivity index (χ4n) is 4.33. The van der Waals surface area contributed by atoms with Crippen LogP contribution in [-0.4, -0.2) is 13.1 Å². The van der Waals surface area contributed by atoms with E-state index in [1.54, 1.807) is 6.42 Å². The van der Waals surface area contributed by atoms with E-state index in [-0.39, 0.29) is 0 Å². The lowest BCUT2D eigenvalue weighted by Crippen LogP contribution is -2.42. The number of hydrogen-bond acceptors (Lipinski definition) is 1. The van der Waals surface area contributed by atoms with Gasteiger partial charge in [-0.05, 0) is 50.0 Å². The first-order valence-electron chi connectivity index (χ1n) is 6.97. The quantitative estimate of drug-likeness (QED) is 0.731. The molecule has 2 saturated carbocycles. The van der Waals surface area contributed by atoms with Crippen LogP contribution in [0.2, 0.25) is 0 Å². The minimum atomic E-state index is 0.801. The second-order valence-corrected chi connectivity index (χ2v) is 5.73. The van der Waals surface area contributed by atoms with Gasteiger partial charge in [-0.25, -0.2) is 0 Å². The standard InChI is InChI=1S/C14H27N/c1-4-11(5-2)14(15-3)13-9-10-6-7-12(13)8-10/h10-15H,4-9H2,1-3H3. The molecule has 1 heteroatoms. The topological polar surface area (TPSA) is 12.0 Å². The van der Waals surface area contributed by atoms with E-state index in [0.29, 0.717) is 0 Å². The number of hydrogen-bond donors (Lipinski definition) is 1. The van der Waals surface area contributed by atoms with E-state index in [2.05, 4.69) is 26.2 Å². The van der Waals surface area contributed by atoms with Gasteiger partial charge in [0.1, 0.15) is 0 Å². The molecule has 2 aliphatic rings. The summed E-state index contributed by atoms with van der Waals surface area (Å²) in [6.07, 6.45) is 8.80. The first-order valence-corrected chi connectivity index (χ1v) is 6.97. The zero-order chi connectivity index (χ0) is 10.8. The molecule has 1 nitrogen and oxygen atoms in total. The number of nitrogens with one attached hydrogen (secondary N) is 1. The summed E-state index contributed by atoms with van der Waals surface area (Å²) in [7, 11) is 2.18. The van der Waals surface area contributed by atoms with Crippen LogP contribution in [0.15, 0.2) is 0 Å². The summed E-state index contributed by atoms with van der Waals surface area (Å²) in [4.78, 5) is 0. The highest BCUT2D eigenvalue weighted by atomic mass is 14.9. The van der Waals surface area contributed by atoms with Crippen LogP contribution in [0, 0.1) is 23.7 Å². The van der Waals surface area contributed by atoms with Crippen LogP contribution in [0.25, 0.3) is 0 Å². The molecular weight excluding hydrogens is 182 g/mol. The predicted octanol–water partition coefficient (Wildman–Crippen LogP) is 3.45. The van der Waals surface area contributed by atoms with Gasteiger partial charge in [0.25, 0.3) is 0 Å². The molecule has 1 N–H and O–H groups in total. The van der Waals surface area contributed by atoms with Gasteiger partial charge in [0.2, 0.25) is 0 Å². The third-order valence-electron chi connectivity index (χ3n) is 5.14. The third kappa shape index (κ3) is 2.08. The molecular formula is C14H27N. The molecule has 0 heterocycles. The molecule has 0 saturated heterocycles. The van der Waals surface area contributed by atoms with E-state index in [9.17, 15) is 0 Å². The van der Waals surface area contributed by atoms with Gasteiger partial charge in [-0.15, -0.1) is 0 Å². The van der Waals surface area contributed by atoms with Crippen LogP contribution < -0.4 is 5.32 Å². The Labute approximate surface area is 95.0 Å². The smallest absolute Gasteiger partial charge is 0.0123 e. The molecule has 0 radical (unpaired) electrons. The molecule has 0 aromatic carbocycles. The highest BCUT2D eigenvalue weighted by Crippen LogP contribution is 2.50. The largest absolute Gasteiger partial charge is 0.316 e. The molecule has 2 bridgehead atoms. The van der Waals surface area contributed by atoms with Crippen LogP contribution in [-0.2, 0) is 0 Å². The Morgan fingerprint density at radius 3 is 2.27 bits per heavy atom. The van der Waals surface area contributed by atoms with E-state index in [4.69, 9.17) is 0 Å². The van der Waals surface area contributed by atoms with Gasteiger partial charge in [0.15, 0.2) is 0 Å². The lowest BCUT2D eigenvalue weighted by Gasteiger charge is -2.35. The minimum Gasteiger partial charge on any atom is -0.316 e. The van der Waals surface area contributed by atoms with E-state index in [1.165, 1.54) is 32.1 Å². The van der Waals surface area contributed by atoms with Crippen molar-refractivity contribution in [3.05, 3.63) is 0 Å². The lowest BCUT2D eigenvalue weighted by atomic mass is 9.76. The Kier molecular flexibility index (Phi) is 3.71. The second kappa shape index (κ2) is 4.86. The molecule has 4 atom stereocenters. The molecule has 0 aromatic rings. The molecule has 15 heavy (non-hydrogen) atoms. The summed E-state index contributed by atoms with van der Waals surface area (Å²) in [6.45, 7) is 4.71. The van der Waals surface area contributed by atoms with Gasteiger partial charge in [-0.1, -0.05) is 33.1 Å². The Balaban J connectivity index is 2.00. The van der Waals surface area contributed by atoms with Gasteiger partial charge < -0.3 is 5.32 Å². The zero-order valence-corrected chi connectivity index (χ0v) is 10.6. The molecule has 2 rings (SSSR count). The van der Waals surface area contributed by atoms with Crippen LogP contribution in [0.4, 0.5) is 0 Å². The fourth-order valence-corrected chi connectivity index (χ4v) is 4.33. The summed E-state index contributed by atoms with van der Waals surface area (Å²) >= 11 is 0. The molecule has 2 fully saturated rings. The highest BCUT2D eigenvalue weighted by Gasteiger charge is 2.43. The van der Waals surface area contributed by atoms with Crippen molar-refractivity contribution in [3.8, 4) is 0 Å². The van der Waals surface area contributed by atoms with E-state index >= 15 is 0 Å². The Morgan fingerprint density at radius 1 is 1.13 bits per heavy atom. The van der Waals surface area contributed by atoms with Gasteiger partial charge in [0.05, 0.1) is 0 Å². The summed E-state index contributed by atoms with van der Waals surface area (Å²) < 4.78 is 0. The summed E-state index contributed by atoms with van der Waals surface area (Å²) in [5, 5.41) is 3.63. The van der Waals surface area contributed by atoms with E-state index in [0.717, 1.165) is 29.7 Å². The van der Waals surface area contributed by atoms with E-state index in [1.807, 2.05) is 0 Å².